The topological polar surface area (TPSA) is 93.9 Å². The highest BCUT2D eigenvalue weighted by atomic mass is 79.9. The number of fused-ring (bicyclic) bond motifs is 1. The monoisotopic (exact) mass is 436 g/mol. The summed E-state index contributed by atoms with van der Waals surface area (Å²) in [7, 11) is 1.60. The van der Waals surface area contributed by atoms with Gasteiger partial charge in [-0.05, 0) is 42.5 Å². The minimum atomic E-state index is -0.306. The van der Waals surface area contributed by atoms with Crippen LogP contribution < -0.4 is 10.2 Å². The summed E-state index contributed by atoms with van der Waals surface area (Å²) in [6.07, 6.45) is 1.51. The van der Waals surface area contributed by atoms with Crippen molar-refractivity contribution in [3.8, 4) is 23.2 Å². The lowest BCUT2D eigenvalue weighted by molar-refractivity contribution is 0.372. The first-order valence-corrected chi connectivity index (χ1v) is 9.08. The summed E-state index contributed by atoms with van der Waals surface area (Å²) in [5, 5.41) is 13.8. The molecule has 0 fully saturated rings. The Balaban J connectivity index is 1.73. The largest absolute Gasteiger partial charge is 0.497 e. The summed E-state index contributed by atoms with van der Waals surface area (Å²) < 4.78 is 13.0. The summed E-state index contributed by atoms with van der Waals surface area (Å²) in [5.41, 5.74) is 1.22. The smallest absolute Gasteiger partial charge is 0.246 e. The van der Waals surface area contributed by atoms with E-state index in [1.807, 2.05) is 42.5 Å². The van der Waals surface area contributed by atoms with Gasteiger partial charge in [-0.15, -0.1) is 0 Å². The molecule has 7 nitrogen and oxygen atoms in total. The molecule has 2 aromatic heterocycles. The number of benzene rings is 2. The van der Waals surface area contributed by atoms with Crippen LogP contribution in [0.15, 0.2) is 62.5 Å². The molecular formula is C20H13BrN4O3. The van der Waals surface area contributed by atoms with Crippen LogP contribution in [0.4, 0.5) is 0 Å². The number of halogens is 1. The molecule has 4 aromatic rings. The fourth-order valence-corrected chi connectivity index (χ4v) is 3.26. The summed E-state index contributed by atoms with van der Waals surface area (Å²) in [6.45, 7) is 0.232. The van der Waals surface area contributed by atoms with Crippen molar-refractivity contribution in [3.05, 3.63) is 74.8 Å². The minimum Gasteiger partial charge on any atom is -0.497 e. The van der Waals surface area contributed by atoms with E-state index in [9.17, 15) is 10.1 Å². The Morgan fingerprint density at radius 1 is 1.25 bits per heavy atom. The Hall–Kier alpha value is -3.44. The van der Waals surface area contributed by atoms with Crippen molar-refractivity contribution in [1.82, 2.24) is 14.7 Å². The highest BCUT2D eigenvalue weighted by molar-refractivity contribution is 9.10. The second-order valence-electron chi connectivity index (χ2n) is 6.01. The van der Waals surface area contributed by atoms with E-state index in [0.29, 0.717) is 22.6 Å². The quantitative estimate of drug-likeness (QED) is 0.483. The van der Waals surface area contributed by atoms with Crippen LogP contribution in [0.2, 0.25) is 0 Å². The molecule has 0 aliphatic carbocycles. The number of hydrogen-bond acceptors (Lipinski definition) is 6. The van der Waals surface area contributed by atoms with Crippen molar-refractivity contribution in [3.63, 3.8) is 0 Å². The molecule has 0 unspecified atom stereocenters. The molecule has 2 aromatic carbocycles. The molecule has 28 heavy (non-hydrogen) atoms. The number of rotatable bonds is 4. The normalized spacial score (nSPS) is 10.8. The molecule has 0 saturated heterocycles. The van der Waals surface area contributed by atoms with Crippen LogP contribution in [0, 0.1) is 11.3 Å². The van der Waals surface area contributed by atoms with Gasteiger partial charge in [0, 0.05) is 21.6 Å². The zero-order chi connectivity index (χ0) is 19.7. The lowest BCUT2D eigenvalue weighted by atomic mass is 10.1. The Morgan fingerprint density at radius 3 is 2.75 bits per heavy atom. The van der Waals surface area contributed by atoms with Gasteiger partial charge in [0.25, 0.3) is 0 Å². The van der Waals surface area contributed by atoms with Crippen LogP contribution in [0.1, 0.15) is 11.5 Å². The van der Waals surface area contributed by atoms with E-state index < -0.39 is 0 Å². The Morgan fingerprint density at radius 2 is 2.04 bits per heavy atom. The van der Waals surface area contributed by atoms with Gasteiger partial charge in [0.2, 0.25) is 17.1 Å². The number of hydrogen-bond donors (Lipinski definition) is 0. The van der Waals surface area contributed by atoms with Crippen LogP contribution in [-0.4, -0.2) is 21.8 Å². The molecule has 0 aliphatic rings. The molecule has 8 heteroatoms. The van der Waals surface area contributed by atoms with Crippen LogP contribution in [0.3, 0.4) is 0 Å². The number of ether oxygens (including phenoxy) is 1. The first kappa shape index (κ1) is 17.9. The van der Waals surface area contributed by atoms with E-state index in [0.717, 1.165) is 15.8 Å². The molecule has 0 atom stereocenters. The van der Waals surface area contributed by atoms with Crippen LogP contribution in [0.25, 0.3) is 22.3 Å². The number of nitrogens with zero attached hydrogens (tertiary/aromatic N) is 4. The van der Waals surface area contributed by atoms with Gasteiger partial charge in [0.15, 0.2) is 0 Å². The summed E-state index contributed by atoms with van der Waals surface area (Å²) in [4.78, 5) is 16.9. The van der Waals surface area contributed by atoms with E-state index in [1.165, 1.54) is 6.20 Å². The molecule has 0 radical (unpaired) electrons. The third-order valence-corrected chi connectivity index (χ3v) is 4.78. The van der Waals surface area contributed by atoms with E-state index in [1.54, 1.807) is 17.7 Å². The van der Waals surface area contributed by atoms with Crippen molar-refractivity contribution in [2.75, 3.05) is 7.11 Å². The second kappa shape index (κ2) is 7.29. The maximum atomic E-state index is 12.4. The number of aromatic nitrogens is 3. The van der Waals surface area contributed by atoms with Gasteiger partial charge in [-0.3, -0.25) is 4.79 Å². The number of methoxy groups -OCH3 is 1. The molecule has 0 saturated carbocycles. The standard InChI is InChI=1S/C20H13BrN4O3/c1-27-15-5-2-12(3-6-15)20-23-18(28-24-20)11-25-10-13(9-22)19(26)16-8-14(21)4-7-17(16)25/h2-8,10H,11H2,1H3. The number of pyridine rings is 1. The first-order chi connectivity index (χ1) is 13.6. The maximum Gasteiger partial charge on any atom is 0.246 e. The average Bonchev–Trinajstić information content (AvgIpc) is 3.18. The fourth-order valence-electron chi connectivity index (χ4n) is 2.90. The van der Waals surface area contributed by atoms with Gasteiger partial charge < -0.3 is 13.8 Å². The summed E-state index contributed by atoms with van der Waals surface area (Å²) in [5.74, 6) is 1.55. The minimum absolute atomic E-state index is 0.0560. The van der Waals surface area contributed by atoms with E-state index in [-0.39, 0.29) is 17.5 Å². The van der Waals surface area contributed by atoms with Crippen LogP contribution in [-0.2, 0) is 6.54 Å². The number of nitriles is 1. The van der Waals surface area contributed by atoms with Crippen molar-refractivity contribution >= 4 is 26.8 Å². The van der Waals surface area contributed by atoms with Gasteiger partial charge in [-0.1, -0.05) is 21.1 Å². The molecule has 0 bridgehead atoms. The molecular weight excluding hydrogens is 424 g/mol. The van der Waals surface area contributed by atoms with E-state index in [2.05, 4.69) is 26.1 Å². The van der Waals surface area contributed by atoms with Crippen molar-refractivity contribution in [1.29, 1.82) is 5.26 Å². The molecule has 0 spiro atoms. The summed E-state index contributed by atoms with van der Waals surface area (Å²) in [6, 6.07) is 14.6. The molecule has 0 aliphatic heterocycles. The lowest BCUT2D eigenvalue weighted by Gasteiger charge is -2.09. The Bertz CT molecular complexity index is 1270. The molecule has 4 rings (SSSR count). The van der Waals surface area contributed by atoms with E-state index in [4.69, 9.17) is 9.26 Å². The van der Waals surface area contributed by atoms with Crippen molar-refractivity contribution < 1.29 is 9.26 Å². The predicted molar refractivity (Wildman–Crippen MR) is 106 cm³/mol. The van der Waals surface area contributed by atoms with Gasteiger partial charge in [-0.2, -0.15) is 10.2 Å². The molecule has 2 heterocycles. The maximum absolute atomic E-state index is 12.4. The SMILES string of the molecule is COc1ccc(-c2noc(Cn3cc(C#N)c(=O)c4cc(Br)ccc43)n2)cc1. The average molecular weight is 437 g/mol. The Labute approximate surface area is 167 Å². The van der Waals surface area contributed by atoms with Gasteiger partial charge >= 0.3 is 0 Å². The van der Waals surface area contributed by atoms with Crippen LogP contribution >= 0.6 is 15.9 Å². The summed E-state index contributed by atoms with van der Waals surface area (Å²) >= 11 is 3.36. The van der Waals surface area contributed by atoms with Crippen molar-refractivity contribution in [2.45, 2.75) is 6.54 Å². The van der Waals surface area contributed by atoms with E-state index >= 15 is 0 Å². The zero-order valence-electron chi connectivity index (χ0n) is 14.7. The zero-order valence-corrected chi connectivity index (χ0v) is 16.3. The highest BCUT2D eigenvalue weighted by Crippen LogP contribution is 2.22. The van der Waals surface area contributed by atoms with Gasteiger partial charge in [0.05, 0.1) is 12.6 Å². The predicted octanol–water partition coefficient (Wildman–Crippen LogP) is 3.74. The fraction of sp³-hybridized carbons (Fsp3) is 0.100. The first-order valence-electron chi connectivity index (χ1n) is 8.29. The second-order valence-corrected chi connectivity index (χ2v) is 6.93. The van der Waals surface area contributed by atoms with Crippen LogP contribution in [0.5, 0.6) is 5.75 Å². The van der Waals surface area contributed by atoms with Gasteiger partial charge in [0.1, 0.15) is 23.9 Å². The van der Waals surface area contributed by atoms with Gasteiger partial charge in [-0.25, -0.2) is 0 Å². The molecule has 0 N–H and O–H groups in total. The third-order valence-electron chi connectivity index (χ3n) is 4.28. The molecule has 0 amide bonds. The lowest BCUT2D eigenvalue weighted by Crippen LogP contribution is -2.13. The highest BCUT2D eigenvalue weighted by Gasteiger charge is 2.13. The third kappa shape index (κ3) is 3.28. The molecule has 138 valence electrons. The Kier molecular flexibility index (Phi) is 4.67. The van der Waals surface area contributed by atoms with Crippen molar-refractivity contribution in [2.24, 2.45) is 0 Å².